The summed E-state index contributed by atoms with van der Waals surface area (Å²) in [6.07, 6.45) is 0. The highest BCUT2D eigenvalue weighted by molar-refractivity contribution is 5.85. The summed E-state index contributed by atoms with van der Waals surface area (Å²) in [5, 5.41) is 0. The third-order valence-corrected chi connectivity index (χ3v) is 11.1. The summed E-state index contributed by atoms with van der Waals surface area (Å²) in [5.41, 5.74) is 14.2. The zero-order valence-corrected chi connectivity index (χ0v) is 33.3. The van der Waals surface area contributed by atoms with Crippen LogP contribution in [0.3, 0.4) is 0 Å². The number of hydrogen-bond acceptors (Lipinski definition) is 5. The molecule has 11 rings (SSSR count). The van der Waals surface area contributed by atoms with Crippen molar-refractivity contribution in [3.63, 3.8) is 0 Å². The van der Waals surface area contributed by atoms with Gasteiger partial charge in [0.1, 0.15) is 11.6 Å². The number of fused-ring (bicyclic) bond motifs is 2. The Kier molecular flexibility index (Phi) is 8.90. The molecule has 0 aliphatic heterocycles. The van der Waals surface area contributed by atoms with Gasteiger partial charge < -0.3 is 0 Å². The molecule has 0 saturated carbocycles. The molecular weight excluding hydrogens is 747 g/mol. The summed E-state index contributed by atoms with van der Waals surface area (Å²) < 4.78 is 4.43. The van der Waals surface area contributed by atoms with Crippen LogP contribution >= 0.6 is 0 Å². The Balaban J connectivity index is 1.00. The van der Waals surface area contributed by atoms with Crippen LogP contribution in [0.2, 0.25) is 0 Å². The average Bonchev–Trinajstić information content (AvgIpc) is 3.91. The van der Waals surface area contributed by atoms with Gasteiger partial charge in [-0.15, -0.1) is 0 Å². The van der Waals surface area contributed by atoms with E-state index in [4.69, 9.17) is 24.9 Å². The van der Waals surface area contributed by atoms with Crippen LogP contribution in [0.1, 0.15) is 5.56 Å². The zero-order valence-electron chi connectivity index (χ0n) is 33.3. The van der Waals surface area contributed by atoms with Gasteiger partial charge in [0, 0.05) is 39.2 Å². The zero-order chi connectivity index (χ0) is 40.7. The molecule has 0 aliphatic rings. The monoisotopic (exact) mass is 783 g/mol. The van der Waals surface area contributed by atoms with Gasteiger partial charge in [-0.1, -0.05) is 158 Å². The van der Waals surface area contributed by atoms with Crippen molar-refractivity contribution in [3.05, 3.63) is 212 Å². The Hall–Kier alpha value is -8.29. The van der Waals surface area contributed by atoms with Crippen molar-refractivity contribution in [2.24, 2.45) is 0 Å². The van der Waals surface area contributed by atoms with E-state index in [0.29, 0.717) is 17.5 Å². The minimum atomic E-state index is 0.584. The summed E-state index contributed by atoms with van der Waals surface area (Å²) >= 11 is 0. The van der Waals surface area contributed by atoms with Gasteiger partial charge in [-0.25, -0.2) is 24.9 Å². The molecule has 7 heteroatoms. The topological polar surface area (TPSA) is 74.3 Å². The molecule has 0 spiro atoms. The van der Waals surface area contributed by atoms with Crippen LogP contribution in [0.4, 0.5) is 0 Å². The Morgan fingerprint density at radius 2 is 0.672 bits per heavy atom. The van der Waals surface area contributed by atoms with Gasteiger partial charge in [-0.2, -0.15) is 0 Å². The largest absolute Gasteiger partial charge is 0.292 e. The van der Waals surface area contributed by atoms with Crippen LogP contribution < -0.4 is 0 Å². The van der Waals surface area contributed by atoms with Crippen molar-refractivity contribution in [1.82, 2.24) is 34.1 Å². The maximum absolute atomic E-state index is 5.14. The molecule has 288 valence electrons. The minimum Gasteiger partial charge on any atom is -0.292 e. The molecule has 0 saturated heterocycles. The summed E-state index contributed by atoms with van der Waals surface area (Å²) in [7, 11) is 0. The summed E-state index contributed by atoms with van der Waals surface area (Å²) in [6.45, 7) is 2.10. The summed E-state index contributed by atoms with van der Waals surface area (Å²) in [4.78, 5) is 25.5. The molecule has 0 atom stereocenters. The quantitative estimate of drug-likeness (QED) is 0.153. The number of para-hydroxylation sites is 4. The number of aromatic nitrogens is 7. The third kappa shape index (κ3) is 6.74. The van der Waals surface area contributed by atoms with Gasteiger partial charge in [-0.05, 0) is 72.1 Å². The number of rotatable bonds is 8. The third-order valence-electron chi connectivity index (χ3n) is 11.1. The van der Waals surface area contributed by atoms with Gasteiger partial charge in [-0.3, -0.25) is 9.13 Å². The van der Waals surface area contributed by atoms with Crippen molar-refractivity contribution in [3.8, 4) is 79.4 Å². The molecule has 0 unspecified atom stereocenters. The van der Waals surface area contributed by atoms with E-state index in [1.165, 1.54) is 5.56 Å². The fourth-order valence-electron chi connectivity index (χ4n) is 8.02. The van der Waals surface area contributed by atoms with E-state index in [0.717, 1.165) is 84.0 Å². The van der Waals surface area contributed by atoms with Gasteiger partial charge in [0.15, 0.2) is 17.5 Å². The normalized spacial score (nSPS) is 11.4. The molecule has 3 heterocycles. The summed E-state index contributed by atoms with van der Waals surface area (Å²) in [6, 6.07) is 70.9. The van der Waals surface area contributed by atoms with Crippen molar-refractivity contribution in [2.45, 2.75) is 6.92 Å². The first kappa shape index (κ1) is 35.8. The molecule has 8 aromatic carbocycles. The molecule has 0 aliphatic carbocycles. The van der Waals surface area contributed by atoms with Crippen molar-refractivity contribution in [2.75, 3.05) is 0 Å². The van der Waals surface area contributed by atoms with Gasteiger partial charge >= 0.3 is 0 Å². The van der Waals surface area contributed by atoms with Crippen LogP contribution in [0.15, 0.2) is 206 Å². The maximum atomic E-state index is 5.14. The van der Waals surface area contributed by atoms with Crippen LogP contribution in [0, 0.1) is 6.92 Å². The van der Waals surface area contributed by atoms with Crippen LogP contribution in [-0.2, 0) is 0 Å². The number of nitrogens with zero attached hydrogens (tertiary/aromatic N) is 7. The van der Waals surface area contributed by atoms with Gasteiger partial charge in [0.2, 0.25) is 0 Å². The molecule has 0 N–H and O–H groups in total. The van der Waals surface area contributed by atoms with E-state index in [2.05, 4.69) is 198 Å². The summed E-state index contributed by atoms with van der Waals surface area (Å²) in [5.74, 6) is 3.50. The van der Waals surface area contributed by atoms with Crippen molar-refractivity contribution in [1.29, 1.82) is 0 Å². The first-order chi connectivity index (χ1) is 30.1. The maximum Gasteiger partial charge on any atom is 0.164 e. The van der Waals surface area contributed by atoms with E-state index < -0.39 is 0 Å². The van der Waals surface area contributed by atoms with Crippen LogP contribution in [0.5, 0.6) is 0 Å². The Morgan fingerprint density at radius 1 is 0.295 bits per heavy atom. The molecule has 11 aromatic rings. The fraction of sp³-hybridized carbons (Fsp3) is 0.0185. The Labute approximate surface area is 353 Å². The smallest absolute Gasteiger partial charge is 0.164 e. The number of hydrogen-bond donors (Lipinski definition) is 0. The second-order valence-electron chi connectivity index (χ2n) is 15.1. The molecule has 3 aromatic heterocycles. The van der Waals surface area contributed by atoms with E-state index in [1.807, 2.05) is 24.3 Å². The Bertz CT molecular complexity index is 3320. The number of aryl methyl sites for hydroxylation is 1. The molecule has 61 heavy (non-hydrogen) atoms. The van der Waals surface area contributed by atoms with Crippen molar-refractivity contribution >= 4 is 22.1 Å². The SMILES string of the molecule is Cc1ccc2c(c1)nc(-c1ccc(-c3nc(-c4ccc(-c5ccccc5)cc4)nc(-c4ccc(-c5nc6ccccc6n5-c5ccccc5)cc4)n3)cc1)n2-c1ccccc1. The highest BCUT2D eigenvalue weighted by Gasteiger charge is 2.18. The average molecular weight is 784 g/mol. The van der Waals surface area contributed by atoms with Crippen molar-refractivity contribution < 1.29 is 0 Å². The van der Waals surface area contributed by atoms with Crippen LogP contribution in [-0.4, -0.2) is 34.1 Å². The van der Waals surface area contributed by atoms with Crippen LogP contribution in [0.25, 0.3) is 102 Å². The van der Waals surface area contributed by atoms with E-state index >= 15 is 0 Å². The fourth-order valence-corrected chi connectivity index (χ4v) is 8.02. The lowest BCUT2D eigenvalue weighted by atomic mass is 10.0. The molecule has 0 fully saturated rings. The molecule has 0 amide bonds. The van der Waals surface area contributed by atoms with Gasteiger partial charge in [0.05, 0.1) is 22.1 Å². The predicted octanol–water partition coefficient (Wildman–Crippen LogP) is 12.9. The first-order valence-corrected chi connectivity index (χ1v) is 20.3. The minimum absolute atomic E-state index is 0.584. The molecule has 0 bridgehead atoms. The number of imidazole rings is 2. The molecule has 0 radical (unpaired) electrons. The molecule has 7 nitrogen and oxygen atoms in total. The van der Waals surface area contributed by atoms with E-state index in [1.54, 1.807) is 0 Å². The lowest BCUT2D eigenvalue weighted by molar-refractivity contribution is 1.07. The predicted molar refractivity (Wildman–Crippen MR) is 246 cm³/mol. The van der Waals surface area contributed by atoms with E-state index in [-0.39, 0.29) is 0 Å². The second kappa shape index (κ2) is 15.1. The van der Waals surface area contributed by atoms with Gasteiger partial charge in [0.25, 0.3) is 0 Å². The number of benzene rings is 8. The lowest BCUT2D eigenvalue weighted by Crippen LogP contribution is -2.01. The molecular formula is C54H37N7. The second-order valence-corrected chi connectivity index (χ2v) is 15.1. The first-order valence-electron chi connectivity index (χ1n) is 20.3. The van der Waals surface area contributed by atoms with E-state index in [9.17, 15) is 0 Å². The highest BCUT2D eigenvalue weighted by Crippen LogP contribution is 2.34. The lowest BCUT2D eigenvalue weighted by Gasteiger charge is -2.12. The standard InChI is InChI=1S/C54H37N7/c1-36-21-34-49-47(35-36)56-54(61(49)45-17-9-4-10-18-45)43-32-28-41(29-33-43)52-58-50(39-24-22-38(23-25-39)37-13-5-2-6-14-37)57-51(59-52)40-26-30-42(31-27-40)53-55-46-19-11-12-20-48(46)60(53)44-15-7-3-8-16-44/h2-35H,1H3. The Morgan fingerprint density at radius 3 is 1.18 bits per heavy atom. The highest BCUT2D eigenvalue weighted by atomic mass is 15.1.